The molecule has 1 heterocycles. The van der Waals surface area contributed by atoms with E-state index in [1.165, 1.54) is 16.8 Å². The quantitative estimate of drug-likeness (QED) is 0.720. The maximum absolute atomic E-state index is 13.3. The Morgan fingerprint density at radius 3 is 2.48 bits per heavy atom. The summed E-state index contributed by atoms with van der Waals surface area (Å²) in [5.74, 6) is -0.118. The summed E-state index contributed by atoms with van der Waals surface area (Å²) in [5, 5.41) is 23.7. The van der Waals surface area contributed by atoms with Crippen molar-refractivity contribution in [2.75, 3.05) is 6.61 Å². The van der Waals surface area contributed by atoms with Crippen LogP contribution in [-0.4, -0.2) is 43.4 Å². The summed E-state index contributed by atoms with van der Waals surface area (Å²) >= 11 is 0. The smallest absolute Gasteiger partial charge is 0.251 e. The molecule has 0 aliphatic heterocycles. The molecule has 2 N–H and O–H groups in total. The fourth-order valence-electron chi connectivity index (χ4n) is 2.56. The number of carbonyl (C=O) groups is 1. The number of aliphatic hydroxyl groups is 1. The summed E-state index contributed by atoms with van der Waals surface area (Å²) in [5.41, 5.74) is 1.68. The normalized spacial score (nSPS) is 11.4. The van der Waals surface area contributed by atoms with Crippen molar-refractivity contribution in [3.63, 3.8) is 0 Å². The molecule has 0 saturated heterocycles. The molecule has 1 aromatic heterocycles. The summed E-state index contributed by atoms with van der Waals surface area (Å²) < 4.78 is 14.8. The molecule has 27 heavy (non-hydrogen) atoms. The molecule has 3 rings (SSSR count). The van der Waals surface area contributed by atoms with Crippen LogP contribution < -0.4 is 5.32 Å². The second kappa shape index (κ2) is 7.24. The van der Waals surface area contributed by atoms with Crippen molar-refractivity contribution in [3.05, 3.63) is 59.7 Å². The van der Waals surface area contributed by atoms with Crippen LogP contribution in [0.2, 0.25) is 0 Å². The zero-order valence-electron chi connectivity index (χ0n) is 15.3. The monoisotopic (exact) mass is 369 g/mol. The van der Waals surface area contributed by atoms with E-state index in [9.17, 15) is 14.3 Å². The minimum absolute atomic E-state index is 0.199. The van der Waals surface area contributed by atoms with Gasteiger partial charge in [0, 0.05) is 5.56 Å². The van der Waals surface area contributed by atoms with Crippen LogP contribution in [-0.2, 0) is 0 Å². The lowest BCUT2D eigenvalue weighted by Crippen LogP contribution is -2.46. The molecule has 0 radical (unpaired) electrons. The van der Waals surface area contributed by atoms with Gasteiger partial charge in [0.2, 0.25) is 0 Å². The lowest BCUT2D eigenvalue weighted by Gasteiger charge is -2.23. The van der Waals surface area contributed by atoms with Crippen LogP contribution in [0.5, 0.6) is 0 Å². The number of tetrazole rings is 1. The molecule has 2 aromatic carbocycles. The molecule has 0 atom stereocenters. The van der Waals surface area contributed by atoms with E-state index < -0.39 is 5.54 Å². The fourth-order valence-corrected chi connectivity index (χ4v) is 2.56. The van der Waals surface area contributed by atoms with E-state index in [2.05, 4.69) is 20.8 Å². The molecule has 8 heteroatoms. The number of nitrogens with zero attached hydrogens (tertiary/aromatic N) is 4. The molecule has 0 aliphatic rings. The Morgan fingerprint density at radius 2 is 1.89 bits per heavy atom. The van der Waals surface area contributed by atoms with Crippen LogP contribution in [0.4, 0.5) is 4.39 Å². The van der Waals surface area contributed by atoms with E-state index in [1.807, 2.05) is 6.07 Å². The summed E-state index contributed by atoms with van der Waals surface area (Å²) in [6, 6.07) is 11.2. The van der Waals surface area contributed by atoms with Crippen molar-refractivity contribution in [1.29, 1.82) is 0 Å². The van der Waals surface area contributed by atoms with Gasteiger partial charge in [0.15, 0.2) is 5.82 Å². The van der Waals surface area contributed by atoms with Gasteiger partial charge in [0.1, 0.15) is 5.82 Å². The number of nitrogens with one attached hydrogen (secondary N) is 1. The zero-order chi connectivity index (χ0) is 19.6. The van der Waals surface area contributed by atoms with Crippen LogP contribution >= 0.6 is 0 Å². The number of carbonyl (C=O) groups excluding carboxylic acids is 1. The third-order valence-electron chi connectivity index (χ3n) is 4.07. The Morgan fingerprint density at radius 1 is 1.19 bits per heavy atom. The Bertz CT molecular complexity index is 966. The Hall–Kier alpha value is -3.13. The first kappa shape index (κ1) is 18.7. The van der Waals surface area contributed by atoms with E-state index in [0.717, 1.165) is 5.56 Å². The average Bonchev–Trinajstić information content (AvgIpc) is 3.07. The largest absolute Gasteiger partial charge is 0.394 e. The Labute approximate surface area is 155 Å². The molecule has 0 unspecified atom stereocenters. The second-order valence-electron chi connectivity index (χ2n) is 6.91. The maximum Gasteiger partial charge on any atom is 0.251 e. The molecule has 0 saturated carbocycles. The Balaban J connectivity index is 2.10. The van der Waals surface area contributed by atoms with Crippen molar-refractivity contribution in [2.45, 2.75) is 26.3 Å². The van der Waals surface area contributed by atoms with Gasteiger partial charge in [-0.15, -0.1) is 5.10 Å². The van der Waals surface area contributed by atoms with Crippen molar-refractivity contribution in [1.82, 2.24) is 25.5 Å². The molecule has 3 aromatic rings. The predicted molar refractivity (Wildman–Crippen MR) is 97.9 cm³/mol. The van der Waals surface area contributed by atoms with Crippen LogP contribution in [0.1, 0.15) is 30.0 Å². The van der Waals surface area contributed by atoms with Crippen LogP contribution in [0.15, 0.2) is 42.5 Å². The highest BCUT2D eigenvalue weighted by atomic mass is 19.1. The second-order valence-corrected chi connectivity index (χ2v) is 6.91. The average molecular weight is 369 g/mol. The number of benzene rings is 2. The number of halogens is 1. The van der Waals surface area contributed by atoms with Crippen molar-refractivity contribution in [2.24, 2.45) is 0 Å². The zero-order valence-corrected chi connectivity index (χ0v) is 15.3. The highest BCUT2D eigenvalue weighted by Gasteiger charge is 2.21. The SMILES string of the molecule is Cc1nnnn1-c1cc(C(=O)NC(C)(C)CO)cc(-c2ccc(F)cc2)c1. The van der Waals surface area contributed by atoms with Gasteiger partial charge in [-0.05, 0) is 72.7 Å². The van der Waals surface area contributed by atoms with E-state index in [1.54, 1.807) is 45.0 Å². The van der Waals surface area contributed by atoms with Gasteiger partial charge >= 0.3 is 0 Å². The third-order valence-corrected chi connectivity index (χ3v) is 4.07. The van der Waals surface area contributed by atoms with Gasteiger partial charge in [-0.25, -0.2) is 4.39 Å². The fraction of sp³-hybridized carbons (Fsp3) is 0.263. The third kappa shape index (κ3) is 4.17. The molecular weight excluding hydrogens is 349 g/mol. The first-order chi connectivity index (χ1) is 12.8. The summed E-state index contributed by atoms with van der Waals surface area (Å²) in [6.45, 7) is 5.00. The number of aryl methyl sites for hydroxylation is 1. The molecule has 0 aliphatic carbocycles. The van der Waals surface area contributed by atoms with Crippen LogP contribution in [0, 0.1) is 12.7 Å². The first-order valence-corrected chi connectivity index (χ1v) is 8.39. The van der Waals surface area contributed by atoms with Gasteiger partial charge in [-0.1, -0.05) is 12.1 Å². The number of aliphatic hydroxyl groups excluding tert-OH is 1. The van der Waals surface area contributed by atoms with Crippen molar-refractivity contribution >= 4 is 5.91 Å². The topological polar surface area (TPSA) is 92.9 Å². The molecule has 1 amide bonds. The molecule has 0 fully saturated rings. The van der Waals surface area contributed by atoms with Crippen molar-refractivity contribution < 1.29 is 14.3 Å². The number of hydrogen-bond acceptors (Lipinski definition) is 5. The summed E-state index contributed by atoms with van der Waals surface area (Å²) in [4.78, 5) is 12.7. The molecular formula is C19H20FN5O2. The lowest BCUT2D eigenvalue weighted by molar-refractivity contribution is 0.0869. The standard InChI is InChI=1S/C19H20FN5O2/c1-12-22-23-24-25(12)17-9-14(13-4-6-16(20)7-5-13)8-15(10-17)18(27)21-19(2,3)11-26/h4-10,26H,11H2,1-3H3,(H,21,27). The Kier molecular flexibility index (Phi) is 5.00. The molecule has 0 spiro atoms. The number of aromatic nitrogens is 4. The van der Waals surface area contributed by atoms with E-state index in [-0.39, 0.29) is 18.3 Å². The van der Waals surface area contributed by atoms with E-state index >= 15 is 0 Å². The lowest BCUT2D eigenvalue weighted by atomic mass is 10.0. The number of rotatable bonds is 5. The predicted octanol–water partition coefficient (Wildman–Crippen LogP) is 2.28. The molecule has 0 bridgehead atoms. The van der Waals surface area contributed by atoms with Crippen LogP contribution in [0.3, 0.4) is 0 Å². The highest BCUT2D eigenvalue weighted by molar-refractivity contribution is 5.96. The minimum atomic E-state index is -0.770. The molecule has 7 nitrogen and oxygen atoms in total. The highest BCUT2D eigenvalue weighted by Crippen LogP contribution is 2.25. The van der Waals surface area contributed by atoms with Gasteiger partial charge in [0.25, 0.3) is 5.91 Å². The van der Waals surface area contributed by atoms with Crippen LogP contribution in [0.25, 0.3) is 16.8 Å². The van der Waals surface area contributed by atoms with Gasteiger partial charge in [-0.2, -0.15) is 4.68 Å². The van der Waals surface area contributed by atoms with Gasteiger partial charge in [0.05, 0.1) is 17.8 Å². The van der Waals surface area contributed by atoms with Gasteiger partial charge < -0.3 is 10.4 Å². The van der Waals surface area contributed by atoms with Gasteiger partial charge in [-0.3, -0.25) is 4.79 Å². The molecule has 140 valence electrons. The minimum Gasteiger partial charge on any atom is -0.394 e. The summed E-state index contributed by atoms with van der Waals surface area (Å²) in [6.07, 6.45) is 0. The van der Waals surface area contributed by atoms with E-state index in [4.69, 9.17) is 0 Å². The first-order valence-electron chi connectivity index (χ1n) is 8.39. The summed E-state index contributed by atoms with van der Waals surface area (Å²) in [7, 11) is 0. The number of amides is 1. The van der Waals surface area contributed by atoms with Crippen molar-refractivity contribution in [3.8, 4) is 16.8 Å². The maximum atomic E-state index is 13.3. The number of hydrogen-bond donors (Lipinski definition) is 2. The van der Waals surface area contributed by atoms with E-state index in [0.29, 0.717) is 22.6 Å².